The van der Waals surface area contributed by atoms with Crippen molar-refractivity contribution in [2.45, 2.75) is 32.5 Å². The van der Waals surface area contributed by atoms with E-state index in [4.69, 9.17) is 4.43 Å². The van der Waals surface area contributed by atoms with Gasteiger partial charge >= 0.3 is 0 Å². The molecule has 5 heteroatoms. The molecule has 0 bridgehead atoms. The molecule has 0 radical (unpaired) electrons. The molecule has 0 fully saturated rings. The van der Waals surface area contributed by atoms with Gasteiger partial charge in [0.05, 0.1) is 0 Å². The summed E-state index contributed by atoms with van der Waals surface area (Å²) in [6.45, 7) is 7.31. The predicted octanol–water partition coefficient (Wildman–Crippen LogP) is 3.03. The van der Waals surface area contributed by atoms with Crippen LogP contribution in [0.3, 0.4) is 0 Å². The van der Waals surface area contributed by atoms with Gasteiger partial charge in [0.15, 0.2) is 8.32 Å². The van der Waals surface area contributed by atoms with Crippen LogP contribution in [-0.4, -0.2) is 44.9 Å². The van der Waals surface area contributed by atoms with E-state index >= 15 is 0 Å². The topological polar surface area (TPSA) is 29.5 Å². The van der Waals surface area contributed by atoms with Crippen LogP contribution in [0.4, 0.5) is 4.79 Å². The van der Waals surface area contributed by atoms with Crippen molar-refractivity contribution < 1.29 is 9.22 Å². The Hall–Kier alpha value is -0.00312. The summed E-state index contributed by atoms with van der Waals surface area (Å²) in [6.07, 6.45) is 1.07. The zero-order chi connectivity index (χ0) is 11.9. The SMILES string of the molecule is CCO[Si](C)(C)CCCSC(=O)N(C)C. The van der Waals surface area contributed by atoms with Gasteiger partial charge < -0.3 is 9.33 Å². The molecule has 0 saturated heterocycles. The number of nitrogens with zero attached hydrogens (tertiary/aromatic N) is 1. The summed E-state index contributed by atoms with van der Waals surface area (Å²) < 4.78 is 5.72. The number of thioether (sulfide) groups is 1. The van der Waals surface area contributed by atoms with E-state index in [0.717, 1.165) is 24.8 Å². The quantitative estimate of drug-likeness (QED) is 0.535. The number of rotatable bonds is 6. The van der Waals surface area contributed by atoms with Crippen LogP contribution in [0, 0.1) is 0 Å². The minimum absolute atomic E-state index is 0.144. The first-order valence-corrected chi connectivity index (χ1v) is 9.47. The highest BCUT2D eigenvalue weighted by Gasteiger charge is 2.20. The van der Waals surface area contributed by atoms with E-state index in [1.807, 2.05) is 6.92 Å². The maximum absolute atomic E-state index is 11.3. The molecule has 0 aromatic carbocycles. The lowest BCUT2D eigenvalue weighted by Gasteiger charge is -2.21. The molecule has 0 atom stereocenters. The number of carbonyl (C=O) groups excluding carboxylic acids is 1. The monoisotopic (exact) mass is 249 g/mol. The van der Waals surface area contributed by atoms with E-state index in [-0.39, 0.29) is 5.24 Å². The molecule has 0 heterocycles. The van der Waals surface area contributed by atoms with Crippen LogP contribution in [0.2, 0.25) is 19.1 Å². The molecule has 0 aliphatic heterocycles. The van der Waals surface area contributed by atoms with E-state index in [1.54, 1.807) is 19.0 Å². The van der Waals surface area contributed by atoms with Crippen molar-refractivity contribution in [3.63, 3.8) is 0 Å². The van der Waals surface area contributed by atoms with Crippen LogP contribution in [-0.2, 0) is 4.43 Å². The highest BCUT2D eigenvalue weighted by molar-refractivity contribution is 8.13. The molecule has 0 unspecified atom stereocenters. The second-order valence-electron chi connectivity index (χ2n) is 4.31. The van der Waals surface area contributed by atoms with Crippen molar-refractivity contribution in [3.8, 4) is 0 Å². The van der Waals surface area contributed by atoms with Gasteiger partial charge in [-0.15, -0.1) is 0 Å². The lowest BCUT2D eigenvalue weighted by Crippen LogP contribution is -2.30. The lowest BCUT2D eigenvalue weighted by atomic mass is 10.6. The lowest BCUT2D eigenvalue weighted by molar-refractivity contribution is 0.241. The Morgan fingerprint density at radius 3 is 2.47 bits per heavy atom. The van der Waals surface area contributed by atoms with Gasteiger partial charge in [0, 0.05) is 26.5 Å². The maximum Gasteiger partial charge on any atom is 0.281 e. The molecule has 0 saturated carbocycles. The Kier molecular flexibility index (Phi) is 7.30. The van der Waals surface area contributed by atoms with Gasteiger partial charge in [-0.1, -0.05) is 11.8 Å². The third-order valence-electron chi connectivity index (χ3n) is 2.05. The molecule has 15 heavy (non-hydrogen) atoms. The third-order valence-corrected chi connectivity index (χ3v) is 5.78. The van der Waals surface area contributed by atoms with Gasteiger partial charge in [-0.2, -0.15) is 0 Å². The maximum atomic E-state index is 11.3. The van der Waals surface area contributed by atoms with Crippen LogP contribution in [0.1, 0.15) is 13.3 Å². The molecule has 3 nitrogen and oxygen atoms in total. The van der Waals surface area contributed by atoms with E-state index in [0.29, 0.717) is 0 Å². The molecular weight excluding hydrogens is 226 g/mol. The molecule has 0 rings (SSSR count). The minimum atomic E-state index is -1.44. The number of carbonyl (C=O) groups is 1. The molecule has 0 spiro atoms. The zero-order valence-electron chi connectivity index (χ0n) is 10.5. The van der Waals surface area contributed by atoms with E-state index in [1.165, 1.54) is 11.8 Å². The molecule has 1 amide bonds. The van der Waals surface area contributed by atoms with Crippen molar-refractivity contribution in [3.05, 3.63) is 0 Å². The Balaban J connectivity index is 3.58. The summed E-state index contributed by atoms with van der Waals surface area (Å²) in [5.74, 6) is 0.903. The van der Waals surface area contributed by atoms with Gasteiger partial charge in [0.2, 0.25) is 0 Å². The molecule has 0 aliphatic rings. The fourth-order valence-corrected chi connectivity index (χ4v) is 4.18. The fraction of sp³-hybridized carbons (Fsp3) is 0.900. The molecule has 0 aliphatic carbocycles. The number of amides is 1. The third kappa shape index (κ3) is 7.87. The van der Waals surface area contributed by atoms with Gasteiger partial charge in [-0.25, -0.2) is 0 Å². The Labute approximate surface area is 98.7 Å². The van der Waals surface area contributed by atoms with E-state index < -0.39 is 8.32 Å². The highest BCUT2D eigenvalue weighted by atomic mass is 32.2. The molecule has 0 aromatic rings. The highest BCUT2D eigenvalue weighted by Crippen LogP contribution is 2.17. The Bertz CT molecular complexity index is 198. The van der Waals surface area contributed by atoms with Crippen LogP contribution >= 0.6 is 11.8 Å². The van der Waals surface area contributed by atoms with Gasteiger partial charge in [-0.05, 0) is 32.5 Å². The first-order chi connectivity index (χ1) is 6.89. The van der Waals surface area contributed by atoms with Gasteiger partial charge in [0.25, 0.3) is 5.24 Å². The van der Waals surface area contributed by atoms with E-state index in [9.17, 15) is 4.79 Å². The van der Waals surface area contributed by atoms with Crippen molar-refractivity contribution in [2.24, 2.45) is 0 Å². The van der Waals surface area contributed by atoms with E-state index in [2.05, 4.69) is 13.1 Å². The Morgan fingerprint density at radius 1 is 1.40 bits per heavy atom. The smallest absolute Gasteiger partial charge is 0.281 e. The van der Waals surface area contributed by atoms with Crippen LogP contribution in [0.25, 0.3) is 0 Å². The predicted molar refractivity (Wildman–Crippen MR) is 70.1 cm³/mol. The first kappa shape index (κ1) is 15.0. The first-order valence-electron chi connectivity index (χ1n) is 5.37. The molecule has 0 N–H and O–H groups in total. The van der Waals surface area contributed by atoms with Crippen molar-refractivity contribution in [2.75, 3.05) is 26.5 Å². The summed E-state index contributed by atoms with van der Waals surface area (Å²) in [6, 6.07) is 1.13. The number of hydrogen-bond acceptors (Lipinski definition) is 3. The second-order valence-corrected chi connectivity index (χ2v) is 9.66. The van der Waals surface area contributed by atoms with Crippen LogP contribution in [0.15, 0.2) is 0 Å². The summed E-state index contributed by atoms with van der Waals surface area (Å²) in [5.41, 5.74) is 0. The number of hydrogen-bond donors (Lipinski definition) is 0. The van der Waals surface area contributed by atoms with Gasteiger partial charge in [0.1, 0.15) is 0 Å². The molecule has 0 aromatic heterocycles. The normalized spacial score (nSPS) is 11.5. The zero-order valence-corrected chi connectivity index (χ0v) is 12.3. The summed E-state index contributed by atoms with van der Waals surface area (Å²) >= 11 is 1.40. The van der Waals surface area contributed by atoms with Crippen molar-refractivity contribution in [1.82, 2.24) is 4.90 Å². The average molecular weight is 249 g/mol. The largest absolute Gasteiger partial charge is 0.418 e. The second kappa shape index (κ2) is 7.30. The van der Waals surface area contributed by atoms with Crippen molar-refractivity contribution >= 4 is 25.3 Å². The molecule has 90 valence electrons. The summed E-state index contributed by atoms with van der Waals surface area (Å²) in [7, 11) is 2.13. The minimum Gasteiger partial charge on any atom is -0.418 e. The van der Waals surface area contributed by atoms with Crippen LogP contribution < -0.4 is 0 Å². The summed E-state index contributed by atoms with van der Waals surface area (Å²) in [5, 5.41) is 0.144. The Morgan fingerprint density at radius 2 is 2.00 bits per heavy atom. The summed E-state index contributed by atoms with van der Waals surface area (Å²) in [4.78, 5) is 12.9. The van der Waals surface area contributed by atoms with Gasteiger partial charge in [-0.3, -0.25) is 4.79 Å². The fourth-order valence-electron chi connectivity index (χ4n) is 1.25. The van der Waals surface area contributed by atoms with Crippen molar-refractivity contribution in [1.29, 1.82) is 0 Å². The van der Waals surface area contributed by atoms with Crippen LogP contribution in [0.5, 0.6) is 0 Å². The molecular formula is C10H23NO2SSi. The average Bonchev–Trinajstić information content (AvgIpc) is 2.11. The standard InChI is InChI=1S/C10H23NO2SSi/c1-6-13-15(4,5)9-7-8-14-10(12)11(2)3/h6-9H2,1-5H3.